The van der Waals surface area contributed by atoms with E-state index < -0.39 is 39.4 Å². The summed E-state index contributed by atoms with van der Waals surface area (Å²) in [5.41, 5.74) is 11.4. The zero-order valence-corrected chi connectivity index (χ0v) is 43.4. The van der Waals surface area contributed by atoms with Crippen LogP contribution in [-0.4, -0.2) is 40.0 Å². The van der Waals surface area contributed by atoms with Crippen molar-refractivity contribution >= 4 is 52.2 Å². The van der Waals surface area contributed by atoms with Crippen LogP contribution in [0.1, 0.15) is 66.0 Å². The van der Waals surface area contributed by atoms with E-state index in [4.69, 9.17) is 0 Å². The maximum atomic E-state index is 15.3. The molecule has 0 saturated heterocycles. The zero-order chi connectivity index (χ0) is 52.2. The number of amides is 2. The lowest BCUT2D eigenvalue weighted by Crippen LogP contribution is -2.53. The van der Waals surface area contributed by atoms with Crippen LogP contribution in [0.4, 0.5) is 0 Å². The van der Waals surface area contributed by atoms with Crippen LogP contribution in [0.15, 0.2) is 261 Å². The summed E-state index contributed by atoms with van der Waals surface area (Å²) in [6, 6.07) is 84.2. The Labute approximate surface area is 452 Å². The standard InChI is InChI=1S/C67H57N3O4S2/c71-63(69-61(44-52-45-68-60-39-23-22-38-59(52)60)64(72)70-62(65(73)74)43-48-24-8-1-9-25-48)51-41-49(46-75-66(53-26-10-2-11-27-53,54-28-12-3-13-29-54)55-30-14-4-15-31-55)40-50(42-51)47-76-67(56-32-16-5-17-33-56,57-34-18-6-19-35-57)58-36-20-7-21-37-58/h1-42,45,61-62,68H,43-44,46-47H2,(H,69,71)(H,70,72)(H,73,74)/t61-,62-/m0/s1. The second-order valence-corrected chi connectivity index (χ2v) is 21.2. The van der Waals surface area contributed by atoms with Gasteiger partial charge in [-0.05, 0) is 73.8 Å². The molecule has 0 fully saturated rings. The van der Waals surface area contributed by atoms with E-state index in [1.807, 2.05) is 109 Å². The zero-order valence-electron chi connectivity index (χ0n) is 41.8. The Bertz CT molecular complexity index is 3170. The number of hydrogen-bond acceptors (Lipinski definition) is 5. The molecule has 2 amide bonds. The van der Waals surface area contributed by atoms with Crippen molar-refractivity contribution in [2.24, 2.45) is 0 Å². The lowest BCUT2D eigenvalue weighted by Gasteiger charge is -2.36. The molecule has 2 atom stereocenters. The molecule has 1 heterocycles. The summed E-state index contributed by atoms with van der Waals surface area (Å²) < 4.78 is -1.27. The van der Waals surface area contributed by atoms with Crippen LogP contribution in [0.3, 0.4) is 0 Å². The molecule has 0 saturated carbocycles. The van der Waals surface area contributed by atoms with Crippen LogP contribution in [0.2, 0.25) is 0 Å². The molecule has 1 aromatic heterocycles. The van der Waals surface area contributed by atoms with Gasteiger partial charge in [0, 0.05) is 47.0 Å². The molecule has 76 heavy (non-hydrogen) atoms. The number of aromatic amines is 1. The SMILES string of the molecule is O=C(N[C@@H](Cc1c[nH]c2ccccc12)C(=O)N[C@@H](Cc1ccccc1)C(=O)O)c1cc(CSC(c2ccccc2)(c2ccccc2)c2ccccc2)cc(CSC(c2ccccc2)(c2ccccc2)c2ccccc2)c1. The normalized spacial score (nSPS) is 12.4. The van der Waals surface area contributed by atoms with E-state index in [-0.39, 0.29) is 12.8 Å². The van der Waals surface area contributed by atoms with Crippen molar-refractivity contribution in [3.63, 3.8) is 0 Å². The summed E-state index contributed by atoms with van der Waals surface area (Å²) in [5.74, 6) is -1.19. The van der Waals surface area contributed by atoms with Crippen molar-refractivity contribution < 1.29 is 19.5 Å². The van der Waals surface area contributed by atoms with Crippen molar-refractivity contribution in [3.8, 4) is 0 Å². The maximum Gasteiger partial charge on any atom is 0.326 e. The number of fused-ring (bicyclic) bond motifs is 1. The predicted octanol–water partition coefficient (Wildman–Crippen LogP) is 13.8. The molecule has 0 spiro atoms. The van der Waals surface area contributed by atoms with Gasteiger partial charge >= 0.3 is 5.97 Å². The quantitative estimate of drug-likeness (QED) is 0.0534. The fraction of sp³-hybridized carbons (Fsp3) is 0.119. The summed E-state index contributed by atoms with van der Waals surface area (Å²) in [5, 5.41) is 17.3. The minimum Gasteiger partial charge on any atom is -0.480 e. The number of thioether (sulfide) groups is 2. The first-order valence-corrected chi connectivity index (χ1v) is 27.4. The highest BCUT2D eigenvalue weighted by Gasteiger charge is 2.39. The average Bonchev–Trinajstić information content (AvgIpc) is 3.90. The summed E-state index contributed by atoms with van der Waals surface area (Å²) in [6.45, 7) is 0. The third-order valence-electron chi connectivity index (χ3n) is 13.9. The van der Waals surface area contributed by atoms with Gasteiger partial charge in [-0.1, -0.05) is 237 Å². The second kappa shape index (κ2) is 23.9. The van der Waals surface area contributed by atoms with E-state index in [0.29, 0.717) is 17.1 Å². The maximum absolute atomic E-state index is 15.3. The number of carbonyl (C=O) groups excluding carboxylic acids is 2. The molecule has 0 unspecified atom stereocenters. The summed E-state index contributed by atoms with van der Waals surface area (Å²) >= 11 is 3.59. The van der Waals surface area contributed by atoms with Crippen LogP contribution in [0, 0.1) is 0 Å². The van der Waals surface area contributed by atoms with Crippen molar-refractivity contribution in [1.29, 1.82) is 0 Å². The number of hydrogen-bond donors (Lipinski definition) is 4. The molecule has 10 rings (SSSR count). The van der Waals surface area contributed by atoms with Crippen molar-refractivity contribution in [3.05, 3.63) is 322 Å². The molecule has 0 bridgehead atoms. The number of benzene rings is 9. The molecule has 0 aliphatic heterocycles. The van der Waals surface area contributed by atoms with Crippen molar-refractivity contribution in [2.45, 2.75) is 45.9 Å². The van der Waals surface area contributed by atoms with Gasteiger partial charge in [0.1, 0.15) is 12.1 Å². The molecule has 10 aromatic rings. The van der Waals surface area contributed by atoms with Crippen LogP contribution in [-0.2, 0) is 43.4 Å². The first-order chi connectivity index (χ1) is 37.3. The van der Waals surface area contributed by atoms with E-state index in [2.05, 4.69) is 167 Å². The fourth-order valence-electron chi connectivity index (χ4n) is 10.3. The van der Waals surface area contributed by atoms with E-state index in [0.717, 1.165) is 66.5 Å². The Morgan fingerprint density at radius 1 is 0.434 bits per heavy atom. The van der Waals surface area contributed by atoms with E-state index in [9.17, 15) is 14.7 Å². The van der Waals surface area contributed by atoms with Crippen LogP contribution < -0.4 is 10.6 Å². The molecular weight excluding hydrogens is 975 g/mol. The number of rotatable bonds is 21. The van der Waals surface area contributed by atoms with Crippen LogP contribution in [0.25, 0.3) is 10.9 Å². The van der Waals surface area contributed by atoms with Gasteiger partial charge in [0.25, 0.3) is 5.91 Å². The van der Waals surface area contributed by atoms with Gasteiger partial charge < -0.3 is 20.7 Å². The number of para-hydroxylation sites is 1. The fourth-order valence-corrected chi connectivity index (χ4v) is 13.2. The number of H-pyrrole nitrogens is 1. The third-order valence-corrected chi connectivity index (χ3v) is 17.2. The Balaban J connectivity index is 1.06. The Morgan fingerprint density at radius 3 is 1.22 bits per heavy atom. The smallest absolute Gasteiger partial charge is 0.326 e. The van der Waals surface area contributed by atoms with Gasteiger partial charge in [-0.25, -0.2) is 4.79 Å². The molecule has 9 heteroatoms. The summed E-state index contributed by atoms with van der Waals surface area (Å²) in [6.07, 6.45) is 2.03. The molecule has 4 N–H and O–H groups in total. The molecule has 0 aliphatic rings. The number of aliphatic carboxylic acids is 1. The minimum absolute atomic E-state index is 0.0727. The number of aromatic nitrogens is 1. The average molecular weight is 1030 g/mol. The molecule has 376 valence electrons. The predicted molar refractivity (Wildman–Crippen MR) is 310 cm³/mol. The van der Waals surface area contributed by atoms with Gasteiger partial charge in [0.15, 0.2) is 0 Å². The van der Waals surface area contributed by atoms with Crippen molar-refractivity contribution in [2.75, 3.05) is 0 Å². The number of carboxylic acids is 1. The van der Waals surface area contributed by atoms with Crippen LogP contribution in [0.5, 0.6) is 0 Å². The first-order valence-electron chi connectivity index (χ1n) is 25.5. The van der Waals surface area contributed by atoms with Gasteiger partial charge in [0.05, 0.1) is 9.49 Å². The highest BCUT2D eigenvalue weighted by molar-refractivity contribution is 8.00. The molecule has 9 aromatic carbocycles. The molecular formula is C67H57N3O4S2. The van der Waals surface area contributed by atoms with Crippen molar-refractivity contribution in [1.82, 2.24) is 15.6 Å². The highest BCUT2D eigenvalue weighted by Crippen LogP contribution is 2.51. The third kappa shape index (κ3) is 11.3. The Hall–Kier alpha value is -8.37. The van der Waals surface area contributed by atoms with Crippen LogP contribution >= 0.6 is 23.5 Å². The Morgan fingerprint density at radius 2 is 0.816 bits per heavy atom. The molecule has 7 nitrogen and oxygen atoms in total. The molecule has 0 aliphatic carbocycles. The van der Waals surface area contributed by atoms with Gasteiger partial charge in [-0.3, -0.25) is 9.59 Å². The first kappa shape index (κ1) is 51.1. The second-order valence-electron chi connectivity index (χ2n) is 18.9. The van der Waals surface area contributed by atoms with Gasteiger partial charge in [0.2, 0.25) is 5.91 Å². The number of carboxylic acid groups (broad SMARTS) is 1. The highest BCUT2D eigenvalue weighted by atomic mass is 32.2. The lowest BCUT2D eigenvalue weighted by atomic mass is 9.84. The molecule has 0 radical (unpaired) electrons. The number of nitrogens with one attached hydrogen (secondary N) is 3. The van der Waals surface area contributed by atoms with E-state index in [1.165, 1.54) is 0 Å². The van der Waals surface area contributed by atoms with E-state index in [1.54, 1.807) is 23.5 Å². The summed E-state index contributed by atoms with van der Waals surface area (Å²) in [7, 11) is 0. The lowest BCUT2D eigenvalue weighted by molar-refractivity contribution is -0.142. The topological polar surface area (TPSA) is 111 Å². The largest absolute Gasteiger partial charge is 0.480 e. The minimum atomic E-state index is -1.24. The Kier molecular flexibility index (Phi) is 16.1. The van der Waals surface area contributed by atoms with Gasteiger partial charge in [-0.2, -0.15) is 0 Å². The van der Waals surface area contributed by atoms with Gasteiger partial charge in [-0.15, -0.1) is 23.5 Å². The van der Waals surface area contributed by atoms with E-state index >= 15 is 4.79 Å². The number of carbonyl (C=O) groups is 3. The monoisotopic (exact) mass is 1030 g/mol. The summed E-state index contributed by atoms with van der Waals surface area (Å²) in [4.78, 5) is 46.0.